The van der Waals surface area contributed by atoms with E-state index in [2.05, 4.69) is 4.98 Å². The summed E-state index contributed by atoms with van der Waals surface area (Å²) in [5.41, 5.74) is 0.965. The van der Waals surface area contributed by atoms with E-state index in [4.69, 9.17) is 11.6 Å². The van der Waals surface area contributed by atoms with Gasteiger partial charge in [0.15, 0.2) is 0 Å². The van der Waals surface area contributed by atoms with Gasteiger partial charge < -0.3 is 0 Å². The fourth-order valence-corrected chi connectivity index (χ4v) is 0.860. The summed E-state index contributed by atoms with van der Waals surface area (Å²) in [5.74, 6) is 0. The first-order valence-electron chi connectivity index (χ1n) is 3.07. The molecule has 0 fully saturated rings. The van der Waals surface area contributed by atoms with Gasteiger partial charge in [-0.25, -0.2) is 0 Å². The van der Waals surface area contributed by atoms with Gasteiger partial charge in [-0.2, -0.15) is 0 Å². The highest BCUT2D eigenvalue weighted by Gasteiger charge is 1.91. The summed E-state index contributed by atoms with van der Waals surface area (Å²) in [6.07, 6.45) is 7.27. The smallest absolute Gasteiger partial charge is 0.0509 e. The molecule has 0 atom stereocenters. The highest BCUT2D eigenvalue weighted by Crippen LogP contribution is 2.14. The molecule has 10 heavy (non-hydrogen) atoms. The molecule has 0 unspecified atom stereocenters. The van der Waals surface area contributed by atoms with Crippen molar-refractivity contribution in [3.63, 3.8) is 0 Å². The molecular weight excluding hydrogens is 146 g/mol. The molecule has 0 saturated heterocycles. The van der Waals surface area contributed by atoms with E-state index in [0.29, 0.717) is 0 Å². The Labute approximate surface area is 65.4 Å². The number of pyridine rings is 1. The van der Waals surface area contributed by atoms with Crippen LogP contribution in [0.15, 0.2) is 24.5 Å². The number of hydrogen-bond donors (Lipinski definition) is 0. The Balaban J connectivity index is 3.03. The Bertz CT molecular complexity index is 243. The van der Waals surface area contributed by atoms with Gasteiger partial charge in [0.25, 0.3) is 0 Å². The van der Waals surface area contributed by atoms with Crippen molar-refractivity contribution in [2.45, 2.75) is 6.92 Å². The second kappa shape index (κ2) is 3.37. The molecule has 0 aromatic carbocycles. The van der Waals surface area contributed by atoms with Crippen LogP contribution in [0.1, 0.15) is 12.5 Å². The number of halogens is 1. The molecule has 52 valence electrons. The summed E-state index contributed by atoms with van der Waals surface area (Å²) < 4.78 is 0. The van der Waals surface area contributed by atoms with Crippen molar-refractivity contribution in [3.05, 3.63) is 35.1 Å². The van der Waals surface area contributed by atoms with Crippen molar-refractivity contribution in [2.24, 2.45) is 0 Å². The lowest BCUT2D eigenvalue weighted by atomic mass is 10.3. The van der Waals surface area contributed by atoms with E-state index in [1.165, 1.54) is 0 Å². The summed E-state index contributed by atoms with van der Waals surface area (Å²) in [6, 6.07) is 1.77. The minimum atomic E-state index is 0.744. The summed E-state index contributed by atoms with van der Waals surface area (Å²) in [5, 5.41) is 0.744. The normalized spacial score (nSPS) is 10.6. The first kappa shape index (κ1) is 7.29. The van der Waals surface area contributed by atoms with Crippen LogP contribution >= 0.6 is 11.6 Å². The Morgan fingerprint density at radius 1 is 1.60 bits per heavy atom. The quantitative estimate of drug-likeness (QED) is 0.605. The molecule has 0 radical (unpaired) electrons. The zero-order valence-corrected chi connectivity index (χ0v) is 6.47. The minimum absolute atomic E-state index is 0.744. The monoisotopic (exact) mass is 153 g/mol. The highest BCUT2D eigenvalue weighted by molar-refractivity contribution is 6.31. The van der Waals surface area contributed by atoms with Gasteiger partial charge in [0.05, 0.1) is 5.02 Å². The van der Waals surface area contributed by atoms with Crippen LogP contribution in [0.5, 0.6) is 0 Å². The lowest BCUT2D eigenvalue weighted by Crippen LogP contribution is -1.75. The molecule has 1 aromatic rings. The zero-order valence-electron chi connectivity index (χ0n) is 5.71. The summed E-state index contributed by atoms with van der Waals surface area (Å²) >= 11 is 5.81. The van der Waals surface area contributed by atoms with Crippen molar-refractivity contribution >= 4 is 17.7 Å². The van der Waals surface area contributed by atoms with Gasteiger partial charge in [0.1, 0.15) is 0 Å². The van der Waals surface area contributed by atoms with E-state index in [1.807, 2.05) is 19.1 Å². The summed E-state index contributed by atoms with van der Waals surface area (Å²) in [7, 11) is 0. The maximum absolute atomic E-state index is 5.81. The number of allylic oxidation sites excluding steroid dienone is 1. The molecule has 0 aliphatic heterocycles. The first-order chi connectivity index (χ1) is 4.84. The number of aromatic nitrogens is 1. The van der Waals surface area contributed by atoms with Gasteiger partial charge in [-0.1, -0.05) is 23.8 Å². The predicted molar refractivity (Wildman–Crippen MR) is 44.0 cm³/mol. The fraction of sp³-hybridized carbons (Fsp3) is 0.125. The van der Waals surface area contributed by atoms with Gasteiger partial charge >= 0.3 is 0 Å². The third-order valence-corrected chi connectivity index (χ3v) is 1.49. The van der Waals surface area contributed by atoms with Crippen molar-refractivity contribution in [1.29, 1.82) is 0 Å². The zero-order chi connectivity index (χ0) is 7.40. The van der Waals surface area contributed by atoms with Crippen LogP contribution in [0.25, 0.3) is 6.08 Å². The molecule has 0 amide bonds. The molecule has 1 aromatic heterocycles. The molecule has 1 heterocycles. The van der Waals surface area contributed by atoms with Crippen LogP contribution in [0.3, 0.4) is 0 Å². The van der Waals surface area contributed by atoms with Crippen LogP contribution in [0, 0.1) is 0 Å². The molecule has 0 saturated carbocycles. The topological polar surface area (TPSA) is 12.9 Å². The van der Waals surface area contributed by atoms with Gasteiger partial charge in [-0.15, -0.1) is 0 Å². The van der Waals surface area contributed by atoms with Gasteiger partial charge in [0.2, 0.25) is 0 Å². The highest BCUT2D eigenvalue weighted by atomic mass is 35.5. The van der Waals surface area contributed by atoms with Gasteiger partial charge in [0, 0.05) is 18.0 Å². The number of nitrogens with zero attached hydrogens (tertiary/aromatic N) is 1. The van der Waals surface area contributed by atoms with E-state index in [1.54, 1.807) is 18.5 Å². The molecule has 0 aliphatic rings. The third-order valence-electron chi connectivity index (χ3n) is 1.14. The summed E-state index contributed by atoms with van der Waals surface area (Å²) in [6.45, 7) is 1.95. The number of hydrogen-bond acceptors (Lipinski definition) is 1. The second-order valence-corrected chi connectivity index (χ2v) is 2.30. The van der Waals surface area contributed by atoms with E-state index in [9.17, 15) is 0 Å². The number of rotatable bonds is 1. The molecule has 2 heteroatoms. The van der Waals surface area contributed by atoms with Crippen molar-refractivity contribution in [2.75, 3.05) is 0 Å². The predicted octanol–water partition coefficient (Wildman–Crippen LogP) is 2.77. The van der Waals surface area contributed by atoms with Crippen LogP contribution in [0.2, 0.25) is 5.02 Å². The Morgan fingerprint density at radius 3 is 3.00 bits per heavy atom. The summed E-state index contributed by atoms with van der Waals surface area (Å²) in [4.78, 5) is 3.93. The van der Waals surface area contributed by atoms with Crippen molar-refractivity contribution in [3.8, 4) is 0 Å². The van der Waals surface area contributed by atoms with Gasteiger partial charge in [-0.05, 0) is 13.0 Å². The third kappa shape index (κ3) is 1.58. The Kier molecular flexibility index (Phi) is 2.46. The first-order valence-corrected chi connectivity index (χ1v) is 3.44. The van der Waals surface area contributed by atoms with Crippen LogP contribution in [-0.2, 0) is 0 Å². The SMILES string of the molecule is C/C=C\c1cnccc1Cl. The average molecular weight is 154 g/mol. The minimum Gasteiger partial charge on any atom is -0.264 e. The average Bonchev–Trinajstić information content (AvgIpc) is 1.94. The van der Waals surface area contributed by atoms with Crippen LogP contribution < -0.4 is 0 Å². The molecule has 0 spiro atoms. The van der Waals surface area contributed by atoms with E-state index in [0.717, 1.165) is 10.6 Å². The Hall–Kier alpha value is -0.820. The lowest BCUT2D eigenvalue weighted by molar-refractivity contribution is 1.32. The largest absolute Gasteiger partial charge is 0.264 e. The molecule has 1 rings (SSSR count). The van der Waals surface area contributed by atoms with Crippen molar-refractivity contribution < 1.29 is 0 Å². The fourth-order valence-electron chi connectivity index (χ4n) is 0.692. The second-order valence-electron chi connectivity index (χ2n) is 1.90. The van der Waals surface area contributed by atoms with Crippen molar-refractivity contribution in [1.82, 2.24) is 4.98 Å². The standard InChI is InChI=1S/C8H8ClN/c1-2-3-7-6-10-5-4-8(7)9/h2-6H,1H3/b3-2-. The molecule has 0 bridgehead atoms. The van der Waals surface area contributed by atoms with E-state index in [-0.39, 0.29) is 0 Å². The van der Waals surface area contributed by atoms with Crippen LogP contribution in [0.4, 0.5) is 0 Å². The van der Waals surface area contributed by atoms with E-state index < -0.39 is 0 Å². The Morgan fingerprint density at radius 2 is 2.40 bits per heavy atom. The van der Waals surface area contributed by atoms with Crippen LogP contribution in [-0.4, -0.2) is 4.98 Å². The molecule has 0 N–H and O–H groups in total. The van der Waals surface area contributed by atoms with E-state index >= 15 is 0 Å². The lowest BCUT2D eigenvalue weighted by Gasteiger charge is -1.93. The van der Waals surface area contributed by atoms with Gasteiger partial charge in [-0.3, -0.25) is 4.98 Å². The molecule has 0 aliphatic carbocycles. The maximum Gasteiger partial charge on any atom is 0.0509 e. The molecular formula is C8H8ClN. The maximum atomic E-state index is 5.81. The molecule has 1 nitrogen and oxygen atoms in total.